The van der Waals surface area contributed by atoms with Gasteiger partial charge < -0.3 is 9.84 Å². The van der Waals surface area contributed by atoms with Gasteiger partial charge in [0.2, 0.25) is 11.7 Å². The van der Waals surface area contributed by atoms with Gasteiger partial charge in [-0.1, -0.05) is 11.6 Å². The van der Waals surface area contributed by atoms with Crippen LogP contribution in [0.15, 0.2) is 23.2 Å². The van der Waals surface area contributed by atoms with Crippen molar-refractivity contribution in [3.63, 3.8) is 0 Å². The largest absolute Gasteiger partial charge is 0.493 e. The zero-order chi connectivity index (χ0) is 19.8. The molecule has 26 heavy (non-hydrogen) atoms. The predicted octanol–water partition coefficient (Wildman–Crippen LogP) is 1.62. The molecule has 9 nitrogen and oxygen atoms in total. The van der Waals surface area contributed by atoms with Crippen LogP contribution in [0, 0.1) is 0 Å². The van der Waals surface area contributed by atoms with E-state index in [9.17, 15) is 23.1 Å². The van der Waals surface area contributed by atoms with Gasteiger partial charge in [-0.3, -0.25) is 9.69 Å². The molecule has 2 rings (SSSR count). The molecule has 0 spiro atoms. The molecule has 0 bridgehead atoms. The molecule has 0 atom stereocenters. The lowest BCUT2D eigenvalue weighted by molar-refractivity contribution is 0.103. The van der Waals surface area contributed by atoms with Gasteiger partial charge in [-0.25, -0.2) is 17.9 Å². The third-order valence-corrected chi connectivity index (χ3v) is 5.17. The number of benzene rings is 1. The van der Waals surface area contributed by atoms with E-state index in [-0.39, 0.29) is 32.6 Å². The number of aromatic nitrogens is 2. The molecule has 0 saturated heterocycles. The van der Waals surface area contributed by atoms with Crippen molar-refractivity contribution >= 4 is 39.0 Å². The summed E-state index contributed by atoms with van der Waals surface area (Å²) >= 11 is 6.28. The third-order valence-electron chi connectivity index (χ3n) is 3.66. The van der Waals surface area contributed by atoms with Crippen LogP contribution in [0.1, 0.15) is 15.9 Å². The smallest absolute Gasteiger partial charge is 0.413 e. The summed E-state index contributed by atoms with van der Waals surface area (Å²) in [5, 5.41) is 13.4. The fourth-order valence-electron chi connectivity index (χ4n) is 2.30. The number of carbonyl (C=O) groups excluding carboxylic acids is 2. The Hall–Kier alpha value is -2.59. The first-order valence-corrected chi connectivity index (χ1v) is 9.37. The number of aryl methyl sites for hydroxylation is 1. The third kappa shape index (κ3) is 3.37. The second-order valence-electron chi connectivity index (χ2n) is 5.41. The van der Waals surface area contributed by atoms with Crippen molar-refractivity contribution < 1.29 is 27.9 Å². The van der Waals surface area contributed by atoms with Gasteiger partial charge in [0.05, 0.1) is 28.9 Å². The van der Waals surface area contributed by atoms with Gasteiger partial charge in [0.15, 0.2) is 9.84 Å². The second-order valence-corrected chi connectivity index (χ2v) is 7.77. The summed E-state index contributed by atoms with van der Waals surface area (Å²) < 4.78 is 29.8. The number of sulfone groups is 1. The number of hydrogen-bond donors (Lipinski definition) is 1. The molecule has 1 N–H and O–H groups in total. The second kappa shape index (κ2) is 6.96. The van der Waals surface area contributed by atoms with Crippen LogP contribution in [0.2, 0.25) is 5.02 Å². The topological polar surface area (TPSA) is 119 Å². The standard InChI is InChI=1S/C15H16ClN3O6S/c1-18(15(22)25-3)12-10(26(4,23)24)6-5-8(11(12)16)13(20)9-7-17-19(2)14(9)21/h5-7,21H,1-4H3. The number of anilines is 1. The first kappa shape index (κ1) is 19.7. The first-order chi connectivity index (χ1) is 12.0. The number of halogens is 1. The Morgan fingerprint density at radius 1 is 1.31 bits per heavy atom. The molecule has 1 aromatic carbocycles. The highest BCUT2D eigenvalue weighted by molar-refractivity contribution is 7.90. The van der Waals surface area contributed by atoms with E-state index in [1.807, 2.05) is 0 Å². The summed E-state index contributed by atoms with van der Waals surface area (Å²) in [6.07, 6.45) is 1.23. The first-order valence-electron chi connectivity index (χ1n) is 7.10. The molecule has 0 aliphatic rings. The normalized spacial score (nSPS) is 11.3. The minimum atomic E-state index is -3.76. The molecule has 1 amide bonds. The SMILES string of the molecule is COC(=O)N(C)c1c(S(C)(=O)=O)ccc(C(=O)c2cnn(C)c2O)c1Cl. The highest BCUT2D eigenvalue weighted by atomic mass is 35.5. The van der Waals surface area contributed by atoms with E-state index in [0.717, 1.165) is 35.2 Å². The van der Waals surface area contributed by atoms with Crippen molar-refractivity contribution in [1.82, 2.24) is 9.78 Å². The van der Waals surface area contributed by atoms with Crippen molar-refractivity contribution in [1.29, 1.82) is 0 Å². The predicted molar refractivity (Wildman–Crippen MR) is 93.7 cm³/mol. The molecule has 0 aliphatic carbocycles. The van der Waals surface area contributed by atoms with Gasteiger partial charge in [-0.2, -0.15) is 5.10 Å². The Labute approximate surface area is 154 Å². The minimum absolute atomic E-state index is 0.104. The molecular weight excluding hydrogens is 386 g/mol. The van der Waals surface area contributed by atoms with Crippen molar-refractivity contribution in [2.45, 2.75) is 4.90 Å². The van der Waals surface area contributed by atoms with E-state index in [1.54, 1.807) is 0 Å². The van der Waals surface area contributed by atoms with Gasteiger partial charge in [0.25, 0.3) is 0 Å². The average Bonchev–Trinajstić information content (AvgIpc) is 2.91. The van der Waals surface area contributed by atoms with Crippen LogP contribution >= 0.6 is 11.6 Å². The maximum Gasteiger partial charge on any atom is 0.413 e. The highest BCUT2D eigenvalue weighted by Crippen LogP contribution is 2.37. The summed E-state index contributed by atoms with van der Waals surface area (Å²) in [7, 11) is 0.0585. The van der Waals surface area contributed by atoms with Gasteiger partial charge >= 0.3 is 6.09 Å². The Bertz CT molecular complexity index is 999. The van der Waals surface area contributed by atoms with Crippen LogP contribution in [0.25, 0.3) is 0 Å². The molecule has 0 saturated carbocycles. The highest BCUT2D eigenvalue weighted by Gasteiger charge is 2.29. The molecule has 0 aliphatic heterocycles. The summed E-state index contributed by atoms with van der Waals surface area (Å²) in [5.74, 6) is -1.05. The van der Waals surface area contributed by atoms with Gasteiger partial charge in [-0.15, -0.1) is 0 Å². The van der Waals surface area contributed by atoms with Crippen LogP contribution in [-0.4, -0.2) is 55.6 Å². The molecule has 0 unspecified atom stereocenters. The van der Waals surface area contributed by atoms with Crippen molar-refractivity contribution in [3.8, 4) is 5.88 Å². The fraction of sp³-hybridized carbons (Fsp3) is 0.267. The Morgan fingerprint density at radius 2 is 1.92 bits per heavy atom. The van der Waals surface area contributed by atoms with Gasteiger partial charge in [0, 0.05) is 25.9 Å². The molecule has 11 heteroatoms. The number of aromatic hydroxyl groups is 1. The number of methoxy groups -OCH3 is 1. The Morgan fingerprint density at radius 3 is 2.38 bits per heavy atom. The van der Waals surface area contributed by atoms with Crippen molar-refractivity contribution in [2.75, 3.05) is 25.3 Å². The zero-order valence-corrected chi connectivity index (χ0v) is 15.9. The quantitative estimate of drug-likeness (QED) is 0.773. The monoisotopic (exact) mass is 401 g/mol. The Balaban J connectivity index is 2.73. The molecule has 0 radical (unpaired) electrons. The summed E-state index contributed by atoms with van der Waals surface area (Å²) in [6, 6.07) is 2.37. The summed E-state index contributed by atoms with van der Waals surface area (Å²) in [5.41, 5.74) is -0.420. The molecule has 1 aromatic heterocycles. The van der Waals surface area contributed by atoms with Crippen molar-refractivity contribution in [2.24, 2.45) is 7.05 Å². The molecule has 140 valence electrons. The minimum Gasteiger partial charge on any atom is -0.493 e. The maximum absolute atomic E-state index is 12.7. The number of ketones is 1. The van der Waals surface area contributed by atoms with E-state index >= 15 is 0 Å². The van der Waals surface area contributed by atoms with E-state index in [4.69, 9.17) is 11.6 Å². The van der Waals surface area contributed by atoms with E-state index in [1.165, 1.54) is 20.2 Å². The number of ether oxygens (including phenoxy) is 1. The van der Waals surface area contributed by atoms with Crippen molar-refractivity contribution in [3.05, 3.63) is 34.5 Å². The van der Waals surface area contributed by atoms with Crippen LogP contribution in [-0.2, 0) is 21.6 Å². The van der Waals surface area contributed by atoms with E-state index in [2.05, 4.69) is 9.84 Å². The average molecular weight is 402 g/mol. The molecule has 1 heterocycles. The maximum atomic E-state index is 12.7. The van der Waals surface area contributed by atoms with Crippen LogP contribution < -0.4 is 4.90 Å². The number of carbonyl (C=O) groups is 2. The lowest BCUT2D eigenvalue weighted by Gasteiger charge is -2.21. The van der Waals surface area contributed by atoms with Gasteiger partial charge in [0.1, 0.15) is 5.56 Å². The number of rotatable bonds is 4. The van der Waals surface area contributed by atoms with Crippen LogP contribution in [0.3, 0.4) is 0 Å². The zero-order valence-electron chi connectivity index (χ0n) is 14.3. The summed E-state index contributed by atoms with van der Waals surface area (Å²) in [4.78, 5) is 25.2. The van der Waals surface area contributed by atoms with Crippen LogP contribution in [0.4, 0.5) is 10.5 Å². The van der Waals surface area contributed by atoms with Gasteiger partial charge in [-0.05, 0) is 12.1 Å². The lowest BCUT2D eigenvalue weighted by Crippen LogP contribution is -2.28. The molecule has 2 aromatic rings. The fourth-order valence-corrected chi connectivity index (χ4v) is 3.64. The van der Waals surface area contributed by atoms with E-state index < -0.39 is 21.7 Å². The lowest BCUT2D eigenvalue weighted by atomic mass is 10.0. The van der Waals surface area contributed by atoms with Crippen LogP contribution in [0.5, 0.6) is 5.88 Å². The number of hydrogen-bond acceptors (Lipinski definition) is 7. The summed E-state index contributed by atoms with van der Waals surface area (Å²) in [6.45, 7) is 0. The number of amides is 1. The number of nitrogens with zero attached hydrogens (tertiary/aromatic N) is 3. The Kier molecular flexibility index (Phi) is 5.28. The molecule has 0 fully saturated rings. The molecular formula is C15H16ClN3O6S. The van der Waals surface area contributed by atoms with E-state index in [0.29, 0.717) is 0 Å².